The first-order valence-corrected chi connectivity index (χ1v) is 10.5. The summed E-state index contributed by atoms with van der Waals surface area (Å²) in [5.41, 5.74) is 1.80. The molecule has 0 aliphatic carbocycles. The molecule has 2 N–H and O–H groups in total. The molecular formula is C17H26N5O2PS. The Hall–Kier alpha value is -1.53. The standard InChI is InChI=1S/C17H26N5O2PS/c1-4-12(23)21-5-6-22(14(26)9-21)13-8-19-16-15(25-13)11(7-18-16)17(24)20-10(2)3/h7-8,10,14-15,25-26H,4-6,9H2,1-3H3,(H,18,19)(H,20,24)/t14-,15?/m1/s1. The van der Waals surface area contributed by atoms with Gasteiger partial charge in [0.25, 0.3) is 0 Å². The Morgan fingerprint density at radius 1 is 1.46 bits per heavy atom. The molecule has 1 saturated heterocycles. The van der Waals surface area contributed by atoms with Gasteiger partial charge in [-0.25, -0.2) is 4.99 Å². The molecule has 3 aliphatic rings. The number of carbonyl (C=O) groups excluding carboxylic acids is 2. The third-order valence-electron chi connectivity index (χ3n) is 4.58. The van der Waals surface area contributed by atoms with Crippen LogP contribution in [0.15, 0.2) is 28.4 Å². The van der Waals surface area contributed by atoms with Gasteiger partial charge in [0.1, 0.15) is 5.84 Å². The van der Waals surface area contributed by atoms with Crippen LogP contribution in [0.3, 0.4) is 0 Å². The predicted molar refractivity (Wildman–Crippen MR) is 108 cm³/mol. The number of aliphatic imine (C=N–C) groups is 1. The van der Waals surface area contributed by atoms with E-state index in [1.54, 1.807) is 6.20 Å². The van der Waals surface area contributed by atoms with Gasteiger partial charge in [0.15, 0.2) is 0 Å². The summed E-state index contributed by atoms with van der Waals surface area (Å²) in [6.45, 7) is 7.82. The molecule has 7 nitrogen and oxygen atoms in total. The minimum atomic E-state index is -0.0546. The van der Waals surface area contributed by atoms with Gasteiger partial charge in [-0.2, -0.15) is 12.6 Å². The summed E-state index contributed by atoms with van der Waals surface area (Å²) in [5, 5.41) is 6.03. The highest BCUT2D eigenvalue weighted by Crippen LogP contribution is 2.42. The van der Waals surface area contributed by atoms with E-state index in [1.165, 1.54) is 0 Å². The van der Waals surface area contributed by atoms with Crippen LogP contribution in [0, 0.1) is 0 Å². The Morgan fingerprint density at radius 3 is 2.88 bits per heavy atom. The van der Waals surface area contributed by atoms with Gasteiger partial charge in [-0.15, -0.1) is 0 Å². The van der Waals surface area contributed by atoms with E-state index in [2.05, 4.69) is 20.5 Å². The normalized spacial score (nSPS) is 26.1. The molecule has 26 heavy (non-hydrogen) atoms. The van der Waals surface area contributed by atoms with E-state index < -0.39 is 0 Å². The van der Waals surface area contributed by atoms with Crippen molar-refractivity contribution in [2.45, 2.75) is 44.3 Å². The number of amidine groups is 1. The Balaban J connectivity index is 1.68. The number of hydrogen-bond donors (Lipinski definition) is 3. The number of amides is 2. The Kier molecular flexibility index (Phi) is 5.92. The maximum absolute atomic E-state index is 12.4. The van der Waals surface area contributed by atoms with Crippen molar-refractivity contribution in [3.63, 3.8) is 0 Å². The topological polar surface area (TPSA) is 77.0 Å². The van der Waals surface area contributed by atoms with E-state index in [1.807, 2.05) is 31.9 Å². The minimum Gasteiger partial charge on any atom is -0.355 e. The quantitative estimate of drug-likeness (QED) is 0.492. The van der Waals surface area contributed by atoms with E-state index in [0.29, 0.717) is 28.1 Å². The van der Waals surface area contributed by atoms with Gasteiger partial charge in [0.2, 0.25) is 11.8 Å². The van der Waals surface area contributed by atoms with Crippen molar-refractivity contribution in [2.24, 2.45) is 4.99 Å². The highest BCUT2D eigenvalue weighted by molar-refractivity contribution is 7.80. The first-order chi connectivity index (χ1) is 12.4. The van der Waals surface area contributed by atoms with Crippen molar-refractivity contribution in [2.75, 3.05) is 19.6 Å². The molecule has 0 saturated carbocycles. The molecule has 1 fully saturated rings. The van der Waals surface area contributed by atoms with Crippen molar-refractivity contribution in [3.05, 3.63) is 23.4 Å². The van der Waals surface area contributed by atoms with Crippen LogP contribution in [0.4, 0.5) is 0 Å². The molecule has 3 aliphatic heterocycles. The van der Waals surface area contributed by atoms with Gasteiger partial charge in [0.05, 0.1) is 29.2 Å². The summed E-state index contributed by atoms with van der Waals surface area (Å²) in [6, 6.07) is 0.0947. The number of carbonyl (C=O) groups is 2. The summed E-state index contributed by atoms with van der Waals surface area (Å²) in [6.07, 6.45) is 4.15. The summed E-state index contributed by atoms with van der Waals surface area (Å²) in [4.78, 5) is 33.0. The van der Waals surface area contributed by atoms with E-state index in [0.717, 1.165) is 23.4 Å². The van der Waals surface area contributed by atoms with E-state index in [4.69, 9.17) is 12.6 Å². The summed E-state index contributed by atoms with van der Waals surface area (Å²) in [7, 11) is 0.413. The SMILES string of the molecule is CCC(=O)N1CCN(C2=CN=C3NC=C(C(=O)NC(C)C)C3P2)[C@H](S)C1. The van der Waals surface area contributed by atoms with Crippen molar-refractivity contribution in [3.8, 4) is 0 Å². The van der Waals surface area contributed by atoms with Gasteiger partial charge < -0.3 is 20.4 Å². The molecule has 9 heteroatoms. The van der Waals surface area contributed by atoms with Crippen LogP contribution >= 0.6 is 21.2 Å². The van der Waals surface area contributed by atoms with Gasteiger partial charge in [-0.05, 0) is 13.8 Å². The van der Waals surface area contributed by atoms with Crippen molar-refractivity contribution < 1.29 is 9.59 Å². The van der Waals surface area contributed by atoms with Crippen LogP contribution in [0.25, 0.3) is 0 Å². The molecule has 0 radical (unpaired) electrons. The van der Waals surface area contributed by atoms with Crippen LogP contribution in [0.2, 0.25) is 0 Å². The zero-order chi connectivity index (χ0) is 18.8. The molecule has 0 aromatic carbocycles. The maximum atomic E-state index is 12.4. The lowest BCUT2D eigenvalue weighted by Crippen LogP contribution is -2.52. The fourth-order valence-electron chi connectivity index (χ4n) is 3.23. The highest BCUT2D eigenvalue weighted by Gasteiger charge is 2.36. The fourth-order valence-corrected chi connectivity index (χ4v) is 5.31. The lowest BCUT2D eigenvalue weighted by molar-refractivity contribution is -0.132. The smallest absolute Gasteiger partial charge is 0.249 e. The molecular weight excluding hydrogens is 369 g/mol. The van der Waals surface area contributed by atoms with Crippen LogP contribution < -0.4 is 10.6 Å². The number of piperazine rings is 1. The molecule has 2 unspecified atom stereocenters. The third-order valence-corrected chi connectivity index (χ3v) is 6.61. The number of rotatable bonds is 4. The molecule has 3 atom stereocenters. The average molecular weight is 395 g/mol. The van der Waals surface area contributed by atoms with E-state index in [-0.39, 0.29) is 28.9 Å². The Morgan fingerprint density at radius 2 is 2.23 bits per heavy atom. The summed E-state index contributed by atoms with van der Waals surface area (Å²) in [5.74, 6) is 0.952. The van der Waals surface area contributed by atoms with Crippen LogP contribution in [0.5, 0.6) is 0 Å². The predicted octanol–water partition coefficient (Wildman–Crippen LogP) is 1.07. The number of thiol groups is 1. The van der Waals surface area contributed by atoms with Crippen LogP contribution in [-0.4, -0.2) is 64.2 Å². The van der Waals surface area contributed by atoms with E-state index >= 15 is 0 Å². The second-order valence-corrected chi connectivity index (χ2v) is 8.82. The van der Waals surface area contributed by atoms with Gasteiger partial charge in [-0.3, -0.25) is 9.59 Å². The summed E-state index contributed by atoms with van der Waals surface area (Å²) >= 11 is 4.70. The second-order valence-electron chi connectivity index (χ2n) is 6.85. The van der Waals surface area contributed by atoms with Crippen molar-refractivity contribution in [1.29, 1.82) is 0 Å². The van der Waals surface area contributed by atoms with E-state index in [9.17, 15) is 9.59 Å². The average Bonchev–Trinajstić information content (AvgIpc) is 3.03. The van der Waals surface area contributed by atoms with Crippen molar-refractivity contribution in [1.82, 2.24) is 20.4 Å². The zero-order valence-corrected chi connectivity index (χ0v) is 17.2. The fraction of sp³-hybridized carbons (Fsp3) is 0.588. The zero-order valence-electron chi connectivity index (χ0n) is 15.3. The van der Waals surface area contributed by atoms with Gasteiger partial charge >= 0.3 is 0 Å². The summed E-state index contributed by atoms with van der Waals surface area (Å²) < 4.78 is 0. The molecule has 142 valence electrons. The van der Waals surface area contributed by atoms with Crippen molar-refractivity contribution >= 4 is 38.9 Å². The largest absolute Gasteiger partial charge is 0.355 e. The minimum absolute atomic E-state index is 0.0235. The first kappa shape index (κ1) is 19.2. The molecule has 0 bridgehead atoms. The molecule has 3 heterocycles. The highest BCUT2D eigenvalue weighted by atomic mass is 32.1. The molecule has 0 spiro atoms. The first-order valence-electron chi connectivity index (χ1n) is 8.95. The Bertz CT molecular complexity index is 691. The Labute approximate surface area is 161 Å². The molecule has 0 aromatic rings. The number of hydrogen-bond acceptors (Lipinski definition) is 6. The monoisotopic (exact) mass is 395 g/mol. The number of nitrogens with one attached hydrogen (secondary N) is 2. The molecule has 2 amide bonds. The lowest BCUT2D eigenvalue weighted by atomic mass is 10.2. The van der Waals surface area contributed by atoms with Crippen LogP contribution in [-0.2, 0) is 9.59 Å². The molecule has 0 aromatic heterocycles. The second kappa shape index (κ2) is 8.01. The van der Waals surface area contributed by atoms with Gasteiger partial charge in [0, 0.05) is 37.3 Å². The maximum Gasteiger partial charge on any atom is 0.249 e. The third kappa shape index (κ3) is 3.91. The number of nitrogens with zero attached hydrogens (tertiary/aromatic N) is 3. The number of fused-ring (bicyclic) bond motifs is 1. The lowest BCUT2D eigenvalue weighted by Gasteiger charge is -2.42. The molecule has 3 rings (SSSR count). The van der Waals surface area contributed by atoms with Gasteiger partial charge in [-0.1, -0.05) is 15.5 Å². The van der Waals surface area contributed by atoms with Crippen LogP contribution in [0.1, 0.15) is 27.2 Å².